The highest BCUT2D eigenvalue weighted by Crippen LogP contribution is 2.32. The molecule has 0 radical (unpaired) electrons. The van der Waals surface area contributed by atoms with Crippen molar-refractivity contribution in [3.8, 4) is 0 Å². The molecule has 0 fully saturated rings. The molecule has 0 saturated carbocycles. The largest absolute Gasteiger partial charge is 0.318 e. The molecule has 4 aromatic carbocycles. The first-order chi connectivity index (χ1) is 14.0. The van der Waals surface area contributed by atoms with Crippen LogP contribution in [0.5, 0.6) is 0 Å². The first-order valence-corrected chi connectivity index (χ1v) is 10.2. The maximum absolute atomic E-state index is 13.0. The zero-order chi connectivity index (χ0) is 20.2. The topological polar surface area (TPSA) is 80.8 Å². The zero-order valence-corrected chi connectivity index (χ0v) is 15.7. The average molecular weight is 403 g/mol. The van der Waals surface area contributed by atoms with Gasteiger partial charge in [0.15, 0.2) is 0 Å². The van der Waals surface area contributed by atoms with E-state index in [0.29, 0.717) is 21.2 Å². The lowest BCUT2D eigenvalue weighted by Gasteiger charge is -2.25. The first-order valence-electron chi connectivity index (χ1n) is 8.80. The highest BCUT2D eigenvalue weighted by atomic mass is 32.2. The molecule has 0 saturated heterocycles. The molecule has 1 heterocycles. The van der Waals surface area contributed by atoms with Crippen molar-refractivity contribution in [3.63, 3.8) is 0 Å². The lowest BCUT2D eigenvalue weighted by atomic mass is 9.95. The highest BCUT2D eigenvalue weighted by molar-refractivity contribution is 7.87. The number of carbonyl (C=O) groups is 2. The third-order valence-corrected chi connectivity index (χ3v) is 6.17. The van der Waals surface area contributed by atoms with Gasteiger partial charge in [-0.2, -0.15) is 8.42 Å². The number of amides is 2. The Morgan fingerprint density at radius 1 is 0.655 bits per heavy atom. The number of rotatable bonds is 3. The van der Waals surface area contributed by atoms with Crippen LogP contribution in [-0.2, 0) is 14.4 Å². The van der Waals surface area contributed by atoms with E-state index in [1.807, 2.05) is 0 Å². The van der Waals surface area contributed by atoms with Crippen LogP contribution in [0, 0.1) is 0 Å². The van der Waals surface area contributed by atoms with Crippen molar-refractivity contribution in [2.24, 2.45) is 0 Å². The van der Waals surface area contributed by atoms with Crippen LogP contribution < -0.4 is 0 Å². The minimum Gasteiger partial charge on any atom is -0.266 e. The van der Waals surface area contributed by atoms with E-state index in [0.717, 1.165) is 5.39 Å². The van der Waals surface area contributed by atoms with E-state index in [9.17, 15) is 18.0 Å². The van der Waals surface area contributed by atoms with Gasteiger partial charge in [-0.05, 0) is 29.0 Å². The minimum absolute atomic E-state index is 0.117. The van der Waals surface area contributed by atoms with Crippen molar-refractivity contribution < 1.29 is 22.3 Å². The number of fused-ring (bicyclic) bond motifs is 1. The fourth-order valence-corrected chi connectivity index (χ4v) is 4.74. The number of hydrogen-bond acceptors (Lipinski definition) is 5. The fourth-order valence-electron chi connectivity index (χ4n) is 3.63. The summed E-state index contributed by atoms with van der Waals surface area (Å²) in [5, 5.41) is 2.68. The third kappa shape index (κ3) is 2.63. The molecule has 2 amide bonds. The molecule has 1 aliphatic heterocycles. The van der Waals surface area contributed by atoms with E-state index in [4.69, 9.17) is 4.28 Å². The Morgan fingerprint density at radius 3 is 1.90 bits per heavy atom. The molecule has 6 nitrogen and oxygen atoms in total. The number of carbonyl (C=O) groups excluding carboxylic acids is 2. The standard InChI is InChI=1S/C22H13NO5S/c24-21-17-11-3-8-15-9-4-12-18(20(15)17)22(25)23(21)28-29(26,27)19-13-5-7-14-6-1-2-10-16(14)19/h1-13H. The van der Waals surface area contributed by atoms with Crippen LogP contribution in [0.25, 0.3) is 21.5 Å². The Balaban J connectivity index is 1.62. The number of hydroxylamine groups is 2. The summed E-state index contributed by atoms with van der Waals surface area (Å²) in [6, 6.07) is 21.6. The van der Waals surface area contributed by atoms with Crippen molar-refractivity contribution >= 4 is 43.5 Å². The van der Waals surface area contributed by atoms with Gasteiger partial charge >= 0.3 is 10.1 Å². The summed E-state index contributed by atoms with van der Waals surface area (Å²) in [7, 11) is -4.44. The summed E-state index contributed by atoms with van der Waals surface area (Å²) in [6.45, 7) is 0. The molecule has 142 valence electrons. The maximum atomic E-state index is 13.0. The predicted molar refractivity (Wildman–Crippen MR) is 107 cm³/mol. The second-order valence-electron chi connectivity index (χ2n) is 6.62. The summed E-state index contributed by atoms with van der Waals surface area (Å²) in [4.78, 5) is 25.7. The number of nitrogens with zero attached hydrogens (tertiary/aromatic N) is 1. The molecule has 0 bridgehead atoms. The molecule has 4 aromatic rings. The lowest BCUT2D eigenvalue weighted by molar-refractivity contribution is -0.0154. The Morgan fingerprint density at radius 2 is 1.21 bits per heavy atom. The van der Waals surface area contributed by atoms with Gasteiger partial charge in [-0.1, -0.05) is 60.7 Å². The Kier molecular flexibility index (Phi) is 3.77. The monoisotopic (exact) mass is 403 g/mol. The van der Waals surface area contributed by atoms with Gasteiger partial charge in [-0.3, -0.25) is 9.59 Å². The lowest BCUT2D eigenvalue weighted by Crippen LogP contribution is -2.41. The quantitative estimate of drug-likeness (QED) is 0.485. The van der Waals surface area contributed by atoms with Crippen LogP contribution in [0.4, 0.5) is 0 Å². The van der Waals surface area contributed by atoms with Gasteiger partial charge in [-0.15, -0.1) is 9.35 Å². The van der Waals surface area contributed by atoms with E-state index in [1.54, 1.807) is 72.8 Å². The maximum Gasteiger partial charge on any atom is 0.318 e. The van der Waals surface area contributed by atoms with Crippen molar-refractivity contribution in [3.05, 3.63) is 90.0 Å². The van der Waals surface area contributed by atoms with E-state index in [1.165, 1.54) is 6.07 Å². The molecule has 0 aliphatic carbocycles. The SMILES string of the molecule is O=C1c2cccc3cccc(c23)C(=O)N1OS(=O)(=O)c1cccc2ccccc12. The average Bonchev–Trinajstić information content (AvgIpc) is 2.74. The van der Waals surface area contributed by atoms with Gasteiger partial charge in [0.1, 0.15) is 4.90 Å². The molecule has 0 unspecified atom stereocenters. The molecule has 0 atom stereocenters. The van der Waals surface area contributed by atoms with Crippen molar-refractivity contribution in [1.29, 1.82) is 0 Å². The van der Waals surface area contributed by atoms with Crippen LogP contribution in [0.1, 0.15) is 20.7 Å². The van der Waals surface area contributed by atoms with Gasteiger partial charge in [0, 0.05) is 10.8 Å². The van der Waals surface area contributed by atoms with Crippen LogP contribution in [0.2, 0.25) is 0 Å². The number of hydrogen-bond donors (Lipinski definition) is 0. The summed E-state index contributed by atoms with van der Waals surface area (Å²) in [5.41, 5.74) is 0.427. The van der Waals surface area contributed by atoms with Crippen LogP contribution in [0.15, 0.2) is 83.8 Å². The predicted octanol–water partition coefficient (Wildman–Crippen LogP) is 3.91. The molecule has 1 aliphatic rings. The Bertz CT molecular complexity index is 1390. The highest BCUT2D eigenvalue weighted by Gasteiger charge is 2.37. The van der Waals surface area contributed by atoms with E-state index in [2.05, 4.69) is 0 Å². The fraction of sp³-hybridized carbons (Fsp3) is 0. The van der Waals surface area contributed by atoms with E-state index >= 15 is 0 Å². The van der Waals surface area contributed by atoms with Gasteiger partial charge < -0.3 is 0 Å². The van der Waals surface area contributed by atoms with Gasteiger partial charge in [-0.25, -0.2) is 0 Å². The normalized spacial score (nSPS) is 14.0. The van der Waals surface area contributed by atoms with Crippen molar-refractivity contribution in [2.75, 3.05) is 0 Å². The van der Waals surface area contributed by atoms with Crippen LogP contribution in [0.3, 0.4) is 0 Å². The summed E-state index contributed by atoms with van der Waals surface area (Å²) in [5.74, 6) is -1.63. The second-order valence-corrected chi connectivity index (χ2v) is 8.12. The molecule has 0 aromatic heterocycles. The molecule has 5 rings (SSSR count). The molecule has 0 spiro atoms. The van der Waals surface area contributed by atoms with Crippen LogP contribution >= 0.6 is 0 Å². The minimum atomic E-state index is -4.44. The summed E-state index contributed by atoms with van der Waals surface area (Å²) in [6.07, 6.45) is 0. The zero-order valence-electron chi connectivity index (χ0n) is 14.9. The van der Waals surface area contributed by atoms with Gasteiger partial charge in [0.05, 0.1) is 11.1 Å². The Labute approximate surface area is 166 Å². The van der Waals surface area contributed by atoms with Crippen molar-refractivity contribution in [1.82, 2.24) is 5.06 Å². The molecular formula is C22H13NO5S. The van der Waals surface area contributed by atoms with E-state index in [-0.39, 0.29) is 16.0 Å². The summed E-state index contributed by atoms with van der Waals surface area (Å²) >= 11 is 0. The second kappa shape index (κ2) is 6.23. The first kappa shape index (κ1) is 17.5. The van der Waals surface area contributed by atoms with Gasteiger partial charge in [0.2, 0.25) is 0 Å². The molecule has 29 heavy (non-hydrogen) atoms. The molecule has 7 heteroatoms. The smallest absolute Gasteiger partial charge is 0.266 e. The third-order valence-electron chi connectivity index (χ3n) is 4.93. The Hall–Kier alpha value is -3.55. The molecule has 0 N–H and O–H groups in total. The number of imide groups is 1. The summed E-state index contributed by atoms with van der Waals surface area (Å²) < 4.78 is 31.1. The van der Waals surface area contributed by atoms with Crippen LogP contribution in [-0.4, -0.2) is 25.3 Å². The number of benzene rings is 4. The van der Waals surface area contributed by atoms with E-state index < -0.39 is 21.9 Å². The molecular weight excluding hydrogens is 390 g/mol. The van der Waals surface area contributed by atoms with Crippen molar-refractivity contribution in [2.45, 2.75) is 4.90 Å². The van der Waals surface area contributed by atoms with Gasteiger partial charge in [0.25, 0.3) is 11.8 Å².